The van der Waals surface area contributed by atoms with E-state index in [2.05, 4.69) is 20.6 Å². The second-order valence-electron chi connectivity index (χ2n) is 7.98. The number of halogens is 4. The predicted molar refractivity (Wildman–Crippen MR) is 112 cm³/mol. The summed E-state index contributed by atoms with van der Waals surface area (Å²) in [5.41, 5.74) is 3.80. The van der Waals surface area contributed by atoms with E-state index in [4.69, 9.17) is 10.2 Å². The molecule has 3 aromatic rings. The Balaban J connectivity index is 1.35. The van der Waals surface area contributed by atoms with Crippen molar-refractivity contribution in [1.29, 1.82) is 0 Å². The van der Waals surface area contributed by atoms with Crippen molar-refractivity contribution in [3.8, 4) is 0 Å². The van der Waals surface area contributed by atoms with Crippen LogP contribution in [0.4, 0.5) is 35.0 Å². The normalized spacial score (nSPS) is 14.5. The van der Waals surface area contributed by atoms with Crippen molar-refractivity contribution in [3.63, 3.8) is 0 Å². The van der Waals surface area contributed by atoms with Crippen molar-refractivity contribution in [1.82, 2.24) is 15.3 Å². The molecule has 1 aromatic carbocycles. The first-order valence-electron chi connectivity index (χ1n) is 10.2. The summed E-state index contributed by atoms with van der Waals surface area (Å²) in [6.45, 7) is 0.0641. The van der Waals surface area contributed by atoms with E-state index in [1.165, 1.54) is 24.5 Å². The van der Waals surface area contributed by atoms with Gasteiger partial charge in [-0.3, -0.25) is 14.6 Å². The van der Waals surface area contributed by atoms with E-state index < -0.39 is 23.0 Å². The van der Waals surface area contributed by atoms with Gasteiger partial charge in [-0.1, -0.05) is 0 Å². The molecule has 2 aromatic heterocycles. The summed E-state index contributed by atoms with van der Waals surface area (Å²) in [4.78, 5) is 32.7. The molecule has 0 atom stereocenters. The molecule has 4 N–H and O–H groups in total. The van der Waals surface area contributed by atoms with Gasteiger partial charge in [0.1, 0.15) is 5.82 Å². The molecule has 1 fully saturated rings. The number of nitrogens with one attached hydrogen (secondary N) is 2. The lowest BCUT2D eigenvalue weighted by Crippen LogP contribution is -2.33. The van der Waals surface area contributed by atoms with Crippen LogP contribution in [0.25, 0.3) is 0 Å². The first kappa shape index (κ1) is 23.2. The highest BCUT2D eigenvalue weighted by atomic mass is 19.4. The van der Waals surface area contributed by atoms with Gasteiger partial charge in [0.15, 0.2) is 5.76 Å². The molecule has 1 amide bonds. The summed E-state index contributed by atoms with van der Waals surface area (Å²) in [6.07, 6.45) is -1.16. The molecule has 1 aliphatic carbocycles. The Morgan fingerprint density at radius 2 is 1.88 bits per heavy atom. The fraction of sp³-hybridized carbons (Fsp3) is 0.273. The third kappa shape index (κ3) is 5.16. The van der Waals surface area contributed by atoms with E-state index in [1.54, 1.807) is 0 Å². The lowest BCUT2D eigenvalue weighted by Gasteiger charge is -2.15. The molecule has 12 heteroatoms. The molecule has 0 spiro atoms. The number of carbonyl (C=O) groups is 2. The fourth-order valence-corrected chi connectivity index (χ4v) is 3.42. The van der Waals surface area contributed by atoms with Crippen LogP contribution in [-0.2, 0) is 17.5 Å². The number of amides is 1. The highest BCUT2D eigenvalue weighted by Gasteiger charge is 2.51. The summed E-state index contributed by atoms with van der Waals surface area (Å²) in [7, 11) is 0. The van der Waals surface area contributed by atoms with Gasteiger partial charge in [0.05, 0.1) is 47.0 Å². The second-order valence-corrected chi connectivity index (χ2v) is 7.98. The zero-order chi connectivity index (χ0) is 24.5. The molecule has 178 valence electrons. The van der Waals surface area contributed by atoms with Gasteiger partial charge in [-0.25, -0.2) is 9.37 Å². The molecular formula is C22H19F4N5O3. The van der Waals surface area contributed by atoms with Gasteiger partial charge in [0, 0.05) is 6.42 Å². The summed E-state index contributed by atoms with van der Waals surface area (Å²) in [6, 6.07) is 5.22. The third-order valence-corrected chi connectivity index (χ3v) is 5.45. The number of rotatable bonds is 8. The van der Waals surface area contributed by atoms with E-state index in [1.807, 2.05) is 0 Å². The number of benzene rings is 1. The average molecular weight is 477 g/mol. The molecule has 0 unspecified atom stereocenters. The van der Waals surface area contributed by atoms with E-state index in [9.17, 15) is 27.2 Å². The van der Waals surface area contributed by atoms with Crippen LogP contribution in [0.1, 0.15) is 41.1 Å². The Labute approximate surface area is 190 Å². The maximum absolute atomic E-state index is 13.3. The van der Waals surface area contributed by atoms with E-state index >= 15 is 0 Å². The van der Waals surface area contributed by atoms with Gasteiger partial charge in [-0.2, -0.15) is 13.2 Å². The molecule has 0 bridgehead atoms. The lowest BCUT2D eigenvalue weighted by atomic mass is 9.97. The molecule has 1 saturated carbocycles. The van der Waals surface area contributed by atoms with Crippen LogP contribution in [0, 0.1) is 11.2 Å². The molecule has 0 radical (unpaired) electrons. The van der Waals surface area contributed by atoms with Crippen LogP contribution in [0.3, 0.4) is 0 Å². The Morgan fingerprint density at radius 1 is 1.12 bits per heavy atom. The van der Waals surface area contributed by atoms with Crippen LogP contribution in [0.5, 0.6) is 0 Å². The maximum Gasteiger partial charge on any atom is 0.418 e. The van der Waals surface area contributed by atoms with E-state index in [-0.39, 0.29) is 47.8 Å². The smallest absolute Gasteiger partial charge is 0.418 e. The number of aromatic nitrogens is 2. The minimum atomic E-state index is -4.73. The molecule has 0 saturated heterocycles. The molecule has 8 nitrogen and oxygen atoms in total. The number of hydrogen-bond acceptors (Lipinski definition) is 7. The molecule has 34 heavy (non-hydrogen) atoms. The number of hydrogen-bond donors (Lipinski definition) is 3. The van der Waals surface area contributed by atoms with Gasteiger partial charge in [-0.05, 0) is 43.2 Å². The van der Waals surface area contributed by atoms with Crippen LogP contribution < -0.4 is 16.4 Å². The van der Waals surface area contributed by atoms with Crippen molar-refractivity contribution in [3.05, 3.63) is 65.6 Å². The average Bonchev–Trinajstić information content (AvgIpc) is 3.44. The maximum atomic E-state index is 13.3. The standard InChI is InChI=1S/C22H19F4N5O3/c23-12-1-4-16(15(7-12)22(24,25)26)31-14-3-2-13(28-10-14)9-29-19(33)21(5-6-21)8-17(32)18-11-30-20(27)34-18/h1-4,7,10-11,31H,5-6,8-9H2,(H2,27,30)(H,29,33). The van der Waals surface area contributed by atoms with Crippen molar-refractivity contribution in [2.24, 2.45) is 5.41 Å². The number of pyridine rings is 1. The van der Waals surface area contributed by atoms with Crippen molar-refractivity contribution in [2.75, 3.05) is 11.1 Å². The number of anilines is 3. The van der Waals surface area contributed by atoms with Crippen molar-refractivity contribution >= 4 is 29.1 Å². The van der Waals surface area contributed by atoms with Gasteiger partial charge in [0.2, 0.25) is 11.7 Å². The van der Waals surface area contributed by atoms with Gasteiger partial charge < -0.3 is 20.8 Å². The number of Topliss-reactive ketones (excluding diaryl/α,β-unsaturated/α-hetero) is 1. The number of nitrogens with two attached hydrogens (primary N) is 1. The first-order valence-corrected chi connectivity index (χ1v) is 10.2. The van der Waals surface area contributed by atoms with E-state index in [0.717, 1.165) is 12.1 Å². The summed E-state index contributed by atoms with van der Waals surface area (Å²) >= 11 is 0. The number of alkyl halides is 3. The Kier molecular flexibility index (Phi) is 5.98. The minimum Gasteiger partial charge on any atom is -0.421 e. The van der Waals surface area contributed by atoms with E-state index in [0.29, 0.717) is 24.6 Å². The number of ketones is 1. The molecule has 0 aliphatic heterocycles. The molecule has 1 aliphatic rings. The predicted octanol–water partition coefficient (Wildman–Crippen LogP) is 4.22. The second kappa shape index (κ2) is 8.76. The Hall–Kier alpha value is -3.96. The highest BCUT2D eigenvalue weighted by molar-refractivity contribution is 5.98. The lowest BCUT2D eigenvalue weighted by molar-refractivity contribution is -0.137. The zero-order valence-electron chi connectivity index (χ0n) is 17.6. The zero-order valence-corrected chi connectivity index (χ0v) is 17.6. The summed E-state index contributed by atoms with van der Waals surface area (Å²) in [5, 5.41) is 5.31. The van der Waals surface area contributed by atoms with Crippen LogP contribution in [0.2, 0.25) is 0 Å². The number of nitrogens with zero attached hydrogens (tertiary/aromatic N) is 2. The fourth-order valence-electron chi connectivity index (χ4n) is 3.42. The number of nitrogen functional groups attached to an aromatic ring is 1. The molecular weight excluding hydrogens is 458 g/mol. The van der Waals surface area contributed by atoms with Gasteiger partial charge in [0.25, 0.3) is 6.01 Å². The molecule has 4 rings (SSSR count). The summed E-state index contributed by atoms with van der Waals surface area (Å²) in [5.74, 6) is -1.68. The Morgan fingerprint density at radius 3 is 2.47 bits per heavy atom. The first-order chi connectivity index (χ1) is 16.1. The van der Waals surface area contributed by atoms with Gasteiger partial charge in [-0.15, -0.1) is 0 Å². The van der Waals surface area contributed by atoms with Crippen LogP contribution >= 0.6 is 0 Å². The largest absolute Gasteiger partial charge is 0.421 e. The Bertz CT molecular complexity index is 1220. The third-order valence-electron chi connectivity index (χ3n) is 5.45. The monoisotopic (exact) mass is 477 g/mol. The van der Waals surface area contributed by atoms with Crippen LogP contribution in [0.15, 0.2) is 47.1 Å². The van der Waals surface area contributed by atoms with Gasteiger partial charge >= 0.3 is 6.18 Å². The topological polar surface area (TPSA) is 123 Å². The van der Waals surface area contributed by atoms with Crippen LogP contribution in [-0.4, -0.2) is 21.7 Å². The quantitative estimate of drug-likeness (QED) is 0.328. The number of carbonyl (C=O) groups excluding carboxylic acids is 2. The van der Waals surface area contributed by atoms with Crippen molar-refractivity contribution in [2.45, 2.75) is 32.0 Å². The minimum absolute atomic E-state index is 0.00355. The molecule has 2 heterocycles. The SMILES string of the molecule is Nc1ncc(C(=O)CC2(C(=O)NCc3ccc(Nc4ccc(F)cc4C(F)(F)F)cn3)CC2)o1. The highest BCUT2D eigenvalue weighted by Crippen LogP contribution is 2.49. The van der Waals surface area contributed by atoms with Crippen molar-refractivity contribution < 1.29 is 31.6 Å². The summed E-state index contributed by atoms with van der Waals surface area (Å²) < 4.78 is 57.7. The number of oxazole rings is 1.